The molecule has 0 radical (unpaired) electrons. The summed E-state index contributed by atoms with van der Waals surface area (Å²) >= 11 is 0. The van der Waals surface area contributed by atoms with Crippen LogP contribution >= 0.6 is 0 Å². The van der Waals surface area contributed by atoms with E-state index in [2.05, 4.69) is 9.72 Å². The predicted molar refractivity (Wildman–Crippen MR) is 47.1 cm³/mol. The van der Waals surface area contributed by atoms with Crippen molar-refractivity contribution in [3.05, 3.63) is 27.6 Å². The average Bonchev–Trinajstić information content (AvgIpc) is 2.13. The molecule has 94 valence electrons. The third-order valence-corrected chi connectivity index (χ3v) is 1.73. The minimum Gasteiger partial charge on any atom is -0.398 e. The molecule has 0 spiro atoms. The number of nitro groups is 1. The molecule has 0 aliphatic heterocycles. The normalized spacial score (nSPS) is 11.4. The highest BCUT2D eigenvalue weighted by molar-refractivity contribution is 5.50. The van der Waals surface area contributed by atoms with Gasteiger partial charge in [0.1, 0.15) is 12.4 Å². The number of hydrogen-bond acceptors (Lipinski definition) is 4. The average molecular weight is 254 g/mol. The predicted octanol–water partition coefficient (Wildman–Crippen LogP) is 2.67. The summed E-state index contributed by atoms with van der Waals surface area (Å²) in [7, 11) is 0. The van der Waals surface area contributed by atoms with E-state index in [0.717, 1.165) is 6.92 Å². The molecule has 0 aliphatic rings. The van der Waals surface area contributed by atoms with E-state index in [1.165, 1.54) is 0 Å². The molecule has 9 heteroatoms. The van der Waals surface area contributed by atoms with Gasteiger partial charge in [0.15, 0.2) is 0 Å². The fourth-order valence-electron chi connectivity index (χ4n) is 1.19. The molecule has 1 aromatic heterocycles. The largest absolute Gasteiger partial charge is 0.573 e. The maximum absolute atomic E-state index is 12.3. The fraction of sp³-hybridized carbons (Fsp3) is 0.375. The zero-order chi connectivity index (χ0) is 13.2. The van der Waals surface area contributed by atoms with Gasteiger partial charge >= 0.3 is 12.0 Å². The van der Waals surface area contributed by atoms with E-state index >= 15 is 0 Å². The molecular weight excluding hydrogens is 248 g/mol. The van der Waals surface area contributed by atoms with Crippen LogP contribution in [-0.4, -0.2) is 16.3 Å². The van der Waals surface area contributed by atoms with Gasteiger partial charge in [0.05, 0.1) is 10.6 Å². The molecule has 0 amide bonds. The molecule has 0 fully saturated rings. The molecule has 1 aromatic rings. The molecule has 0 aliphatic carbocycles. The van der Waals surface area contributed by atoms with Crippen molar-refractivity contribution in [3.63, 3.8) is 0 Å². The molecule has 0 aromatic carbocycles. The van der Waals surface area contributed by atoms with Crippen LogP contribution in [-0.2, 0) is 6.67 Å². The summed E-state index contributed by atoms with van der Waals surface area (Å²) in [6.45, 7) is -0.0480. The second kappa shape index (κ2) is 4.52. The number of alkyl halides is 4. The quantitative estimate of drug-likeness (QED) is 0.472. The summed E-state index contributed by atoms with van der Waals surface area (Å²) in [6.07, 6.45) is -5.09. The summed E-state index contributed by atoms with van der Waals surface area (Å²) in [5.41, 5.74) is -1.64. The Morgan fingerprint density at radius 3 is 2.53 bits per heavy atom. The Morgan fingerprint density at radius 1 is 1.53 bits per heavy atom. The molecule has 0 saturated carbocycles. The van der Waals surface area contributed by atoms with Gasteiger partial charge in [-0.2, -0.15) is 0 Å². The summed E-state index contributed by atoms with van der Waals surface area (Å²) in [5.74, 6) is -1.07. The van der Waals surface area contributed by atoms with E-state index in [9.17, 15) is 27.7 Å². The van der Waals surface area contributed by atoms with E-state index in [1.807, 2.05) is 0 Å². The highest BCUT2D eigenvalue weighted by atomic mass is 19.4. The lowest BCUT2D eigenvalue weighted by Gasteiger charge is -2.10. The maximum Gasteiger partial charge on any atom is 0.573 e. The van der Waals surface area contributed by atoms with Crippen molar-refractivity contribution >= 4 is 5.69 Å². The second-order valence-corrected chi connectivity index (χ2v) is 2.98. The third kappa shape index (κ3) is 3.26. The number of aryl methyl sites for hydroxylation is 1. The van der Waals surface area contributed by atoms with Crippen LogP contribution in [0.25, 0.3) is 0 Å². The first-order valence-corrected chi connectivity index (χ1v) is 4.21. The smallest absolute Gasteiger partial charge is 0.398 e. The summed E-state index contributed by atoms with van der Waals surface area (Å²) in [4.78, 5) is 12.9. The number of nitrogens with zero attached hydrogens (tertiary/aromatic N) is 2. The van der Waals surface area contributed by atoms with Crippen molar-refractivity contribution in [2.45, 2.75) is 20.0 Å². The highest BCUT2D eigenvalue weighted by Gasteiger charge is 2.35. The molecule has 0 unspecified atom stereocenters. The summed E-state index contributed by atoms with van der Waals surface area (Å²) < 4.78 is 51.7. The zero-order valence-corrected chi connectivity index (χ0v) is 8.42. The minimum absolute atomic E-state index is 0.343. The van der Waals surface area contributed by atoms with Crippen LogP contribution in [0, 0.1) is 17.0 Å². The van der Waals surface area contributed by atoms with Gasteiger partial charge in [-0.15, -0.1) is 13.2 Å². The molecule has 0 saturated heterocycles. The van der Waals surface area contributed by atoms with Crippen LogP contribution < -0.4 is 4.74 Å². The monoisotopic (exact) mass is 254 g/mol. The van der Waals surface area contributed by atoms with Gasteiger partial charge in [-0.25, -0.2) is 9.37 Å². The standard InChI is InChI=1S/C8H6F4N2O3/c1-4-7(14(15)16)6(17-8(10,11)12)2-5(3-9)13-4/h2H,3H2,1H3. The SMILES string of the molecule is Cc1nc(CF)cc(OC(F)(F)F)c1[N+](=O)[O-]. The molecule has 0 atom stereocenters. The van der Waals surface area contributed by atoms with E-state index in [1.54, 1.807) is 0 Å². The Morgan fingerprint density at radius 2 is 2.12 bits per heavy atom. The molecule has 1 heterocycles. The number of pyridine rings is 1. The van der Waals surface area contributed by atoms with Crippen LogP contribution in [0.3, 0.4) is 0 Å². The van der Waals surface area contributed by atoms with Gasteiger partial charge in [-0.1, -0.05) is 0 Å². The topological polar surface area (TPSA) is 65.3 Å². The second-order valence-electron chi connectivity index (χ2n) is 2.98. The molecule has 17 heavy (non-hydrogen) atoms. The molecule has 0 N–H and O–H groups in total. The van der Waals surface area contributed by atoms with Crippen molar-refractivity contribution < 1.29 is 27.2 Å². The Labute approximate surface area is 92.2 Å². The molecule has 0 bridgehead atoms. The van der Waals surface area contributed by atoms with Crippen molar-refractivity contribution in [3.8, 4) is 5.75 Å². The van der Waals surface area contributed by atoms with Crippen LogP contribution in [0.1, 0.15) is 11.4 Å². The Kier molecular flexibility index (Phi) is 3.49. The van der Waals surface area contributed by atoms with Gasteiger partial charge in [-0.3, -0.25) is 10.1 Å². The van der Waals surface area contributed by atoms with E-state index in [0.29, 0.717) is 6.07 Å². The zero-order valence-electron chi connectivity index (χ0n) is 8.42. The minimum atomic E-state index is -5.09. The van der Waals surface area contributed by atoms with Crippen molar-refractivity contribution in [2.75, 3.05) is 0 Å². The van der Waals surface area contributed by atoms with Crippen LogP contribution in [0.15, 0.2) is 6.07 Å². The number of aromatic nitrogens is 1. The molecular formula is C8H6F4N2O3. The molecule has 1 rings (SSSR count). The van der Waals surface area contributed by atoms with Gasteiger partial charge in [-0.05, 0) is 6.92 Å². The van der Waals surface area contributed by atoms with Crippen molar-refractivity contribution in [1.82, 2.24) is 4.98 Å². The lowest BCUT2D eigenvalue weighted by atomic mass is 10.2. The van der Waals surface area contributed by atoms with Gasteiger partial charge in [0.2, 0.25) is 5.75 Å². The van der Waals surface area contributed by atoms with Gasteiger partial charge < -0.3 is 4.74 Å². The highest BCUT2D eigenvalue weighted by Crippen LogP contribution is 2.34. The third-order valence-electron chi connectivity index (χ3n) is 1.73. The number of ether oxygens (including phenoxy) is 1. The van der Waals surface area contributed by atoms with Gasteiger partial charge in [0, 0.05) is 6.07 Å². The Balaban J connectivity index is 3.32. The van der Waals surface area contributed by atoms with E-state index in [-0.39, 0.29) is 11.4 Å². The Bertz CT molecular complexity index is 447. The first kappa shape index (κ1) is 13.1. The van der Waals surface area contributed by atoms with Crippen molar-refractivity contribution in [2.24, 2.45) is 0 Å². The van der Waals surface area contributed by atoms with Crippen LogP contribution in [0.2, 0.25) is 0 Å². The van der Waals surface area contributed by atoms with Gasteiger partial charge in [0.25, 0.3) is 0 Å². The number of halogens is 4. The summed E-state index contributed by atoms with van der Waals surface area (Å²) in [5, 5.41) is 10.6. The van der Waals surface area contributed by atoms with Crippen LogP contribution in [0.5, 0.6) is 5.75 Å². The van der Waals surface area contributed by atoms with Crippen molar-refractivity contribution in [1.29, 1.82) is 0 Å². The summed E-state index contributed by atoms with van der Waals surface area (Å²) in [6, 6.07) is 0.554. The maximum atomic E-state index is 12.3. The number of rotatable bonds is 3. The first-order valence-electron chi connectivity index (χ1n) is 4.21. The van der Waals surface area contributed by atoms with E-state index < -0.39 is 29.4 Å². The lowest BCUT2D eigenvalue weighted by Crippen LogP contribution is -2.18. The fourth-order valence-corrected chi connectivity index (χ4v) is 1.19. The Hall–Kier alpha value is -1.93. The lowest BCUT2D eigenvalue weighted by molar-refractivity contribution is -0.389. The molecule has 5 nitrogen and oxygen atoms in total. The van der Waals surface area contributed by atoms with Crippen LogP contribution in [0.4, 0.5) is 23.2 Å². The number of hydrogen-bond donors (Lipinski definition) is 0. The van der Waals surface area contributed by atoms with E-state index in [4.69, 9.17) is 0 Å². The first-order chi connectivity index (χ1) is 7.74.